The maximum absolute atomic E-state index is 11.4. The number of methoxy groups -OCH3 is 1. The van der Waals surface area contributed by atoms with Gasteiger partial charge in [0.2, 0.25) is 0 Å². The van der Waals surface area contributed by atoms with E-state index >= 15 is 0 Å². The molecule has 19 heavy (non-hydrogen) atoms. The van der Waals surface area contributed by atoms with Crippen molar-refractivity contribution in [3.8, 4) is 0 Å². The number of esters is 1. The van der Waals surface area contributed by atoms with Crippen molar-refractivity contribution in [2.75, 3.05) is 20.2 Å². The van der Waals surface area contributed by atoms with Gasteiger partial charge in [-0.25, -0.2) is 4.79 Å². The summed E-state index contributed by atoms with van der Waals surface area (Å²) in [5.41, 5.74) is 2.00. The highest BCUT2D eigenvalue weighted by Crippen LogP contribution is 2.34. The number of piperidine rings is 1. The van der Waals surface area contributed by atoms with Gasteiger partial charge in [-0.3, -0.25) is 0 Å². The fourth-order valence-corrected chi connectivity index (χ4v) is 3.05. The molecule has 0 radical (unpaired) electrons. The van der Waals surface area contributed by atoms with E-state index in [4.69, 9.17) is 4.74 Å². The molecular weight excluding hydrogens is 238 g/mol. The van der Waals surface area contributed by atoms with Gasteiger partial charge in [0.05, 0.1) is 12.7 Å². The van der Waals surface area contributed by atoms with E-state index in [9.17, 15) is 4.79 Å². The zero-order valence-corrected chi connectivity index (χ0v) is 11.5. The predicted octanol–water partition coefficient (Wildman–Crippen LogP) is 2.82. The fraction of sp³-hybridized carbons (Fsp3) is 0.562. The monoisotopic (exact) mass is 259 g/mol. The topological polar surface area (TPSA) is 29.5 Å². The maximum Gasteiger partial charge on any atom is 0.337 e. The predicted molar refractivity (Wildman–Crippen MR) is 74.4 cm³/mol. The Morgan fingerprint density at radius 1 is 1.11 bits per heavy atom. The van der Waals surface area contributed by atoms with Crippen LogP contribution in [0.3, 0.4) is 0 Å². The van der Waals surface area contributed by atoms with Gasteiger partial charge >= 0.3 is 5.97 Å². The van der Waals surface area contributed by atoms with Crippen molar-refractivity contribution in [1.29, 1.82) is 0 Å². The highest BCUT2D eigenvalue weighted by molar-refractivity contribution is 5.89. The van der Waals surface area contributed by atoms with Crippen molar-refractivity contribution in [2.24, 2.45) is 0 Å². The second kappa shape index (κ2) is 5.33. The highest BCUT2D eigenvalue weighted by Gasteiger charge is 2.32. The van der Waals surface area contributed by atoms with Crippen LogP contribution in [0.25, 0.3) is 0 Å². The number of benzene rings is 1. The first-order chi connectivity index (χ1) is 9.28. The smallest absolute Gasteiger partial charge is 0.337 e. The second-order valence-corrected chi connectivity index (χ2v) is 5.66. The number of likely N-dealkylation sites (tertiary alicyclic amines) is 1. The van der Waals surface area contributed by atoms with Crippen molar-refractivity contribution in [3.63, 3.8) is 0 Å². The van der Waals surface area contributed by atoms with Gasteiger partial charge in [-0.2, -0.15) is 0 Å². The van der Waals surface area contributed by atoms with Crippen LogP contribution in [0.2, 0.25) is 0 Å². The molecule has 0 bridgehead atoms. The first kappa shape index (κ1) is 12.7. The van der Waals surface area contributed by atoms with Gasteiger partial charge in [-0.1, -0.05) is 12.1 Å². The molecule has 0 amide bonds. The van der Waals surface area contributed by atoms with Crippen molar-refractivity contribution < 1.29 is 9.53 Å². The molecule has 1 aliphatic carbocycles. The number of ether oxygens (including phenoxy) is 1. The van der Waals surface area contributed by atoms with Gasteiger partial charge in [0.25, 0.3) is 0 Å². The van der Waals surface area contributed by atoms with Crippen LogP contribution >= 0.6 is 0 Å². The van der Waals surface area contributed by atoms with Crippen LogP contribution in [0.4, 0.5) is 0 Å². The first-order valence-corrected chi connectivity index (χ1v) is 7.20. The Balaban J connectivity index is 1.61. The van der Waals surface area contributed by atoms with Gasteiger partial charge < -0.3 is 9.64 Å². The van der Waals surface area contributed by atoms with E-state index in [0.717, 1.165) is 6.04 Å². The molecule has 1 aliphatic heterocycles. The molecule has 0 N–H and O–H groups in total. The van der Waals surface area contributed by atoms with E-state index in [1.807, 2.05) is 12.1 Å². The van der Waals surface area contributed by atoms with Crippen molar-refractivity contribution in [1.82, 2.24) is 4.90 Å². The molecule has 0 aromatic heterocycles. The minimum atomic E-state index is -0.255. The zero-order chi connectivity index (χ0) is 13.2. The molecule has 1 heterocycles. The molecule has 2 fully saturated rings. The zero-order valence-electron chi connectivity index (χ0n) is 11.5. The molecule has 1 saturated carbocycles. The molecule has 3 nitrogen and oxygen atoms in total. The van der Waals surface area contributed by atoms with Gasteiger partial charge in [-0.05, 0) is 62.4 Å². The first-order valence-electron chi connectivity index (χ1n) is 7.20. The Bertz CT molecular complexity index is 442. The van der Waals surface area contributed by atoms with E-state index in [0.29, 0.717) is 11.5 Å². The van der Waals surface area contributed by atoms with Crippen molar-refractivity contribution in [3.05, 3.63) is 35.4 Å². The largest absolute Gasteiger partial charge is 0.465 e. The summed E-state index contributed by atoms with van der Waals surface area (Å²) >= 11 is 0. The Morgan fingerprint density at radius 2 is 1.74 bits per heavy atom. The quantitative estimate of drug-likeness (QED) is 0.782. The average molecular weight is 259 g/mol. The summed E-state index contributed by atoms with van der Waals surface area (Å²) in [6.07, 6.45) is 5.29. The van der Waals surface area contributed by atoms with Crippen LogP contribution in [-0.4, -0.2) is 37.1 Å². The third-order valence-corrected chi connectivity index (χ3v) is 4.40. The fourth-order valence-electron chi connectivity index (χ4n) is 3.05. The lowest BCUT2D eigenvalue weighted by molar-refractivity contribution is 0.0600. The van der Waals surface area contributed by atoms with E-state index < -0.39 is 0 Å². The van der Waals surface area contributed by atoms with E-state index in [1.165, 1.54) is 51.4 Å². The van der Waals surface area contributed by atoms with Crippen LogP contribution in [0.1, 0.15) is 47.5 Å². The third kappa shape index (κ3) is 2.81. The Kier molecular flexibility index (Phi) is 3.56. The molecule has 0 unspecified atom stereocenters. The minimum Gasteiger partial charge on any atom is -0.465 e. The summed E-state index contributed by atoms with van der Waals surface area (Å²) in [4.78, 5) is 14.0. The summed E-state index contributed by atoms with van der Waals surface area (Å²) in [6.45, 7) is 2.46. The normalized spacial score (nSPS) is 21.3. The maximum atomic E-state index is 11.4. The molecule has 1 aromatic rings. The number of carbonyl (C=O) groups excluding carboxylic acids is 1. The van der Waals surface area contributed by atoms with Gasteiger partial charge in [0, 0.05) is 6.04 Å². The lowest BCUT2D eigenvalue weighted by Crippen LogP contribution is -2.34. The van der Waals surface area contributed by atoms with Crippen LogP contribution in [0.5, 0.6) is 0 Å². The molecule has 2 aliphatic rings. The number of rotatable bonds is 3. The number of carbonyl (C=O) groups is 1. The summed E-state index contributed by atoms with van der Waals surface area (Å²) in [6, 6.07) is 8.83. The summed E-state index contributed by atoms with van der Waals surface area (Å²) in [5, 5.41) is 0. The molecular formula is C16H21NO2. The van der Waals surface area contributed by atoms with Gasteiger partial charge in [0.15, 0.2) is 0 Å². The Labute approximate surface area is 114 Å². The molecule has 3 heteroatoms. The Morgan fingerprint density at radius 3 is 2.26 bits per heavy atom. The summed E-state index contributed by atoms with van der Waals surface area (Å²) in [7, 11) is 1.42. The second-order valence-electron chi connectivity index (χ2n) is 5.66. The highest BCUT2D eigenvalue weighted by atomic mass is 16.5. The molecule has 0 spiro atoms. The van der Waals surface area contributed by atoms with Gasteiger partial charge in [-0.15, -0.1) is 0 Å². The van der Waals surface area contributed by atoms with E-state index in [2.05, 4.69) is 17.0 Å². The molecule has 102 valence electrons. The lowest BCUT2D eigenvalue weighted by atomic mass is 9.89. The van der Waals surface area contributed by atoms with E-state index in [1.54, 1.807) is 0 Å². The van der Waals surface area contributed by atoms with E-state index in [-0.39, 0.29) is 5.97 Å². The van der Waals surface area contributed by atoms with Crippen LogP contribution in [-0.2, 0) is 4.74 Å². The summed E-state index contributed by atoms with van der Waals surface area (Å²) < 4.78 is 4.72. The average Bonchev–Trinajstić information content (AvgIpc) is 3.31. The number of hydrogen-bond acceptors (Lipinski definition) is 3. The SMILES string of the molecule is COC(=O)c1ccc(C2CCN(C3CC3)CC2)cc1. The Hall–Kier alpha value is -1.35. The standard InChI is InChI=1S/C16H21NO2/c1-19-16(18)14-4-2-12(3-5-14)13-8-10-17(11-9-13)15-6-7-15/h2-5,13,15H,6-11H2,1H3. The number of nitrogens with zero attached hydrogens (tertiary/aromatic N) is 1. The van der Waals surface area contributed by atoms with Crippen LogP contribution in [0, 0.1) is 0 Å². The lowest BCUT2D eigenvalue weighted by Gasteiger charge is -2.32. The molecule has 3 rings (SSSR count). The number of hydrogen-bond donors (Lipinski definition) is 0. The molecule has 1 aromatic carbocycles. The van der Waals surface area contributed by atoms with Crippen molar-refractivity contribution in [2.45, 2.75) is 37.6 Å². The van der Waals surface area contributed by atoms with Gasteiger partial charge in [0.1, 0.15) is 0 Å². The van der Waals surface area contributed by atoms with Crippen LogP contribution in [0.15, 0.2) is 24.3 Å². The van der Waals surface area contributed by atoms with Crippen LogP contribution < -0.4 is 0 Å². The molecule has 0 atom stereocenters. The summed E-state index contributed by atoms with van der Waals surface area (Å²) in [5.74, 6) is 0.400. The molecule has 1 saturated heterocycles. The minimum absolute atomic E-state index is 0.255. The third-order valence-electron chi connectivity index (χ3n) is 4.40. The van der Waals surface area contributed by atoms with Crippen molar-refractivity contribution >= 4 is 5.97 Å².